The molecule has 1 saturated heterocycles. The molecule has 1 aliphatic rings. The van der Waals surface area contributed by atoms with E-state index in [9.17, 15) is 9.18 Å². The summed E-state index contributed by atoms with van der Waals surface area (Å²) in [6, 6.07) is 20.8. The van der Waals surface area contributed by atoms with Crippen molar-refractivity contribution in [3.63, 3.8) is 0 Å². The molecular weight excluding hydrogens is 415 g/mol. The smallest absolute Gasteiger partial charge is 0.309 e. The number of nitrogens with zero attached hydrogens (tertiary/aromatic N) is 2. The normalized spacial score (nSPS) is 14.6. The van der Waals surface area contributed by atoms with Gasteiger partial charge < -0.3 is 9.52 Å². The second-order valence-corrected chi connectivity index (χ2v) is 8.75. The molecule has 0 bridgehead atoms. The lowest BCUT2D eigenvalue weighted by molar-refractivity contribution is -0.147. The molecule has 0 aliphatic carbocycles. The van der Waals surface area contributed by atoms with E-state index in [0.29, 0.717) is 36.3 Å². The van der Waals surface area contributed by atoms with E-state index in [4.69, 9.17) is 9.52 Å². The van der Waals surface area contributed by atoms with Crippen LogP contribution >= 0.6 is 11.8 Å². The molecule has 4 aromatic rings. The van der Waals surface area contributed by atoms with Gasteiger partial charge in [-0.25, -0.2) is 9.37 Å². The summed E-state index contributed by atoms with van der Waals surface area (Å²) in [6.07, 6.45) is 0. The van der Waals surface area contributed by atoms with Crippen molar-refractivity contribution in [2.45, 2.75) is 16.3 Å². The third-order valence-corrected chi connectivity index (χ3v) is 6.31. The lowest BCUT2D eigenvalue weighted by Gasteiger charge is -2.36. The molecule has 0 unspecified atom stereocenters. The predicted octanol–water partition coefficient (Wildman–Crippen LogP) is 5.30. The molecular formula is C24H19FN2O3S. The Labute approximate surface area is 182 Å². The zero-order valence-electron chi connectivity index (χ0n) is 16.5. The Morgan fingerprint density at radius 3 is 2.65 bits per heavy atom. The molecule has 0 atom stereocenters. The van der Waals surface area contributed by atoms with E-state index in [0.717, 1.165) is 15.4 Å². The second-order valence-electron chi connectivity index (χ2n) is 7.61. The highest BCUT2D eigenvalue weighted by atomic mass is 32.2. The maximum absolute atomic E-state index is 14.8. The molecule has 31 heavy (non-hydrogen) atoms. The van der Waals surface area contributed by atoms with Gasteiger partial charge in [-0.1, -0.05) is 36.0 Å². The summed E-state index contributed by atoms with van der Waals surface area (Å²) < 4.78 is 20.6. The fourth-order valence-corrected chi connectivity index (χ4v) is 4.53. The molecule has 0 spiro atoms. The summed E-state index contributed by atoms with van der Waals surface area (Å²) in [7, 11) is 0. The van der Waals surface area contributed by atoms with Gasteiger partial charge >= 0.3 is 5.97 Å². The minimum atomic E-state index is -0.779. The number of benzene rings is 3. The number of aromatic nitrogens is 1. The molecule has 0 radical (unpaired) electrons. The number of aliphatic carboxylic acids is 1. The predicted molar refractivity (Wildman–Crippen MR) is 116 cm³/mol. The van der Waals surface area contributed by atoms with Crippen molar-refractivity contribution in [1.82, 2.24) is 9.88 Å². The Balaban J connectivity index is 1.33. The average molecular weight is 434 g/mol. The number of hydrogen-bond acceptors (Lipinski definition) is 5. The van der Waals surface area contributed by atoms with Crippen molar-refractivity contribution >= 4 is 28.8 Å². The molecule has 7 heteroatoms. The SMILES string of the molecule is O=C(O)C1CN(Cc2ccc(-c3nc4cc(Sc5ccccc5)ccc4o3)c(F)c2)C1. The standard InChI is InChI=1S/C24H19FN2O3S/c25-20-10-15(12-27-13-16(14-27)24(28)29)6-8-19(20)23-26-21-11-18(7-9-22(21)30-23)31-17-4-2-1-3-5-17/h1-11,16H,12-14H2,(H,28,29). The summed E-state index contributed by atoms with van der Waals surface area (Å²) in [4.78, 5) is 19.6. The summed E-state index contributed by atoms with van der Waals surface area (Å²) in [6.45, 7) is 1.51. The van der Waals surface area contributed by atoms with Crippen LogP contribution in [0, 0.1) is 11.7 Å². The molecule has 1 aliphatic heterocycles. The lowest BCUT2D eigenvalue weighted by Crippen LogP contribution is -2.49. The lowest BCUT2D eigenvalue weighted by atomic mass is 9.99. The molecule has 5 rings (SSSR count). The quantitative estimate of drug-likeness (QED) is 0.444. The van der Waals surface area contributed by atoms with Crippen LogP contribution < -0.4 is 0 Å². The first-order chi connectivity index (χ1) is 15.0. The average Bonchev–Trinajstić information content (AvgIpc) is 3.14. The minimum Gasteiger partial charge on any atom is -0.481 e. The molecule has 156 valence electrons. The number of likely N-dealkylation sites (tertiary alicyclic amines) is 1. The number of oxazole rings is 1. The number of hydrogen-bond donors (Lipinski definition) is 1. The molecule has 5 nitrogen and oxygen atoms in total. The Bertz CT molecular complexity index is 1250. The fourth-order valence-electron chi connectivity index (χ4n) is 3.65. The van der Waals surface area contributed by atoms with Gasteiger partial charge in [-0.2, -0.15) is 0 Å². The number of rotatable bonds is 6. The largest absolute Gasteiger partial charge is 0.481 e. The van der Waals surface area contributed by atoms with E-state index >= 15 is 0 Å². The third-order valence-electron chi connectivity index (χ3n) is 5.31. The number of carbonyl (C=O) groups is 1. The van der Waals surface area contributed by atoms with E-state index in [1.807, 2.05) is 59.5 Å². The Hall–Kier alpha value is -3.16. The van der Waals surface area contributed by atoms with Crippen molar-refractivity contribution in [2.24, 2.45) is 5.92 Å². The van der Waals surface area contributed by atoms with Gasteiger partial charge in [0.25, 0.3) is 0 Å². The molecule has 2 heterocycles. The van der Waals surface area contributed by atoms with E-state index in [-0.39, 0.29) is 11.8 Å². The monoisotopic (exact) mass is 434 g/mol. The number of carboxylic acid groups (broad SMARTS) is 1. The first-order valence-corrected chi connectivity index (χ1v) is 10.7. The topological polar surface area (TPSA) is 66.6 Å². The minimum absolute atomic E-state index is 0.246. The van der Waals surface area contributed by atoms with Crippen molar-refractivity contribution in [3.05, 3.63) is 78.1 Å². The Morgan fingerprint density at radius 1 is 1.10 bits per heavy atom. The van der Waals surface area contributed by atoms with Crippen LogP contribution in [0.3, 0.4) is 0 Å². The van der Waals surface area contributed by atoms with E-state index in [2.05, 4.69) is 4.98 Å². The highest BCUT2D eigenvalue weighted by Crippen LogP contribution is 2.32. The first kappa shape index (κ1) is 19.8. The van der Waals surface area contributed by atoms with Crippen LogP contribution in [-0.2, 0) is 11.3 Å². The molecule has 1 fully saturated rings. The molecule has 0 saturated carbocycles. The van der Waals surface area contributed by atoms with E-state index in [1.54, 1.807) is 17.8 Å². The van der Waals surface area contributed by atoms with Gasteiger partial charge in [0.15, 0.2) is 5.58 Å². The van der Waals surface area contributed by atoms with Gasteiger partial charge in [0.2, 0.25) is 5.89 Å². The van der Waals surface area contributed by atoms with Gasteiger partial charge in [0.1, 0.15) is 11.3 Å². The van der Waals surface area contributed by atoms with Gasteiger partial charge in [-0.15, -0.1) is 0 Å². The zero-order chi connectivity index (χ0) is 21.4. The highest BCUT2D eigenvalue weighted by molar-refractivity contribution is 7.99. The maximum atomic E-state index is 14.8. The summed E-state index contributed by atoms with van der Waals surface area (Å²) >= 11 is 1.63. The Morgan fingerprint density at radius 2 is 1.90 bits per heavy atom. The van der Waals surface area contributed by atoms with Crippen LogP contribution in [-0.4, -0.2) is 34.0 Å². The summed E-state index contributed by atoms with van der Waals surface area (Å²) in [5, 5.41) is 8.97. The highest BCUT2D eigenvalue weighted by Gasteiger charge is 2.32. The van der Waals surface area contributed by atoms with Gasteiger partial charge in [-0.05, 0) is 48.0 Å². The van der Waals surface area contributed by atoms with E-state index in [1.165, 1.54) is 6.07 Å². The van der Waals surface area contributed by atoms with Crippen molar-refractivity contribution in [2.75, 3.05) is 13.1 Å². The van der Waals surface area contributed by atoms with Gasteiger partial charge in [0.05, 0.1) is 11.5 Å². The van der Waals surface area contributed by atoms with Crippen LogP contribution in [0.5, 0.6) is 0 Å². The number of halogens is 1. The molecule has 1 N–H and O–H groups in total. The van der Waals surface area contributed by atoms with Crippen LogP contribution in [0.25, 0.3) is 22.6 Å². The fraction of sp³-hybridized carbons (Fsp3) is 0.167. The Kier molecular flexibility index (Phi) is 5.21. The number of carboxylic acids is 1. The molecule has 3 aromatic carbocycles. The van der Waals surface area contributed by atoms with Crippen molar-refractivity contribution in [3.8, 4) is 11.5 Å². The van der Waals surface area contributed by atoms with Crippen LogP contribution in [0.15, 0.2) is 80.9 Å². The van der Waals surface area contributed by atoms with Crippen molar-refractivity contribution < 1.29 is 18.7 Å². The zero-order valence-corrected chi connectivity index (χ0v) is 17.3. The molecule has 0 amide bonds. The molecule has 1 aromatic heterocycles. The second kappa shape index (κ2) is 8.17. The number of fused-ring (bicyclic) bond motifs is 1. The van der Waals surface area contributed by atoms with Crippen LogP contribution in [0.1, 0.15) is 5.56 Å². The first-order valence-electron chi connectivity index (χ1n) is 9.92. The van der Waals surface area contributed by atoms with Crippen LogP contribution in [0.4, 0.5) is 4.39 Å². The van der Waals surface area contributed by atoms with Gasteiger partial charge in [-0.3, -0.25) is 9.69 Å². The van der Waals surface area contributed by atoms with Crippen molar-refractivity contribution in [1.29, 1.82) is 0 Å². The summed E-state index contributed by atoms with van der Waals surface area (Å²) in [5.74, 6) is -1.26. The van der Waals surface area contributed by atoms with E-state index < -0.39 is 11.8 Å². The maximum Gasteiger partial charge on any atom is 0.309 e. The third kappa shape index (κ3) is 4.19. The van der Waals surface area contributed by atoms with Crippen LogP contribution in [0.2, 0.25) is 0 Å². The summed E-state index contributed by atoms with van der Waals surface area (Å²) in [5.41, 5.74) is 2.39. The van der Waals surface area contributed by atoms with Gasteiger partial charge in [0, 0.05) is 29.4 Å².